The van der Waals surface area contributed by atoms with Crippen LogP contribution in [0.4, 0.5) is 0 Å². The largest absolute Gasteiger partial charge is 0.310 e. The Hall–Kier alpha value is -1.87. The van der Waals surface area contributed by atoms with Crippen LogP contribution in [0.15, 0.2) is 40.6 Å². The smallest absolute Gasteiger partial charge is 0.259 e. The van der Waals surface area contributed by atoms with Gasteiger partial charge in [-0.1, -0.05) is 17.7 Å². The first kappa shape index (κ1) is 13.1. The first-order valence-corrected chi connectivity index (χ1v) is 7.57. The van der Waals surface area contributed by atoms with Gasteiger partial charge in [0.05, 0.1) is 11.9 Å². The summed E-state index contributed by atoms with van der Waals surface area (Å²) in [5.74, 6) is 0. The molecule has 102 valence electrons. The quantitative estimate of drug-likeness (QED) is 0.696. The zero-order valence-corrected chi connectivity index (χ0v) is 12.8. The van der Waals surface area contributed by atoms with E-state index in [4.69, 9.17) is 0 Å². The van der Waals surface area contributed by atoms with Crippen molar-refractivity contribution in [1.29, 1.82) is 0 Å². The maximum Gasteiger partial charge on any atom is 0.259 e. The molecule has 3 aromatic rings. The lowest BCUT2D eigenvalue weighted by molar-refractivity contribution is 0.759. The molecule has 0 atom stereocenters. The number of thiophene rings is 1. The van der Waals surface area contributed by atoms with Crippen LogP contribution in [0.3, 0.4) is 0 Å². The first-order chi connectivity index (χ1) is 9.56. The van der Waals surface area contributed by atoms with E-state index in [0.717, 1.165) is 10.1 Å². The molecule has 0 amide bonds. The van der Waals surface area contributed by atoms with Gasteiger partial charge in [-0.15, -0.1) is 11.3 Å². The second-order valence-electron chi connectivity index (χ2n) is 5.32. The van der Waals surface area contributed by atoms with Gasteiger partial charge in [0.2, 0.25) is 0 Å². The molecule has 0 spiro atoms. The molecule has 0 N–H and O–H groups in total. The van der Waals surface area contributed by atoms with E-state index in [1.54, 1.807) is 15.9 Å². The summed E-state index contributed by atoms with van der Waals surface area (Å²) in [6, 6.07) is 8.29. The van der Waals surface area contributed by atoms with Crippen LogP contribution in [0.5, 0.6) is 0 Å². The van der Waals surface area contributed by atoms with E-state index >= 15 is 0 Å². The fourth-order valence-electron chi connectivity index (χ4n) is 2.76. The van der Waals surface area contributed by atoms with E-state index in [1.807, 2.05) is 23.7 Å². The lowest BCUT2D eigenvalue weighted by Gasteiger charge is -2.13. The van der Waals surface area contributed by atoms with Gasteiger partial charge in [0.25, 0.3) is 5.56 Å². The number of nitrogens with zero attached hydrogens (tertiary/aromatic N) is 1. The number of hydrogen-bond donors (Lipinski definition) is 0. The molecule has 0 saturated carbocycles. The van der Waals surface area contributed by atoms with E-state index in [1.165, 1.54) is 22.3 Å². The molecule has 1 aromatic carbocycles. The summed E-state index contributed by atoms with van der Waals surface area (Å²) < 4.78 is 2.86. The van der Waals surface area contributed by atoms with Gasteiger partial charge in [0.15, 0.2) is 0 Å². The summed E-state index contributed by atoms with van der Waals surface area (Å²) in [6.45, 7) is 6.98. The Labute approximate surface area is 122 Å². The molecular weight excluding hydrogens is 266 g/mol. The molecule has 20 heavy (non-hydrogen) atoms. The molecule has 2 nitrogen and oxygen atoms in total. The SMILES string of the molecule is Cc1cc(C)c(Cn2ccc3sccc3c2=O)c(C)c1. The minimum atomic E-state index is 0.100. The molecule has 0 unspecified atom stereocenters. The summed E-state index contributed by atoms with van der Waals surface area (Å²) >= 11 is 1.61. The van der Waals surface area contributed by atoms with Crippen molar-refractivity contribution in [3.63, 3.8) is 0 Å². The Balaban J connectivity index is 2.10. The molecule has 2 heterocycles. The third kappa shape index (κ3) is 2.18. The minimum Gasteiger partial charge on any atom is -0.310 e. The number of aromatic nitrogens is 1. The highest BCUT2D eigenvalue weighted by Crippen LogP contribution is 2.19. The standard InChI is InChI=1S/C17H17NOS/c1-11-8-12(2)15(13(3)9-11)10-18-6-4-16-14(17(18)19)5-7-20-16/h4-9H,10H2,1-3H3. The molecule has 0 aliphatic heterocycles. The summed E-state index contributed by atoms with van der Waals surface area (Å²) in [5, 5.41) is 2.79. The van der Waals surface area contributed by atoms with Crippen LogP contribution in [0.1, 0.15) is 22.3 Å². The maximum atomic E-state index is 12.5. The first-order valence-electron chi connectivity index (χ1n) is 6.69. The van der Waals surface area contributed by atoms with E-state index in [9.17, 15) is 4.79 Å². The maximum absolute atomic E-state index is 12.5. The van der Waals surface area contributed by atoms with Crippen LogP contribution in [0.25, 0.3) is 10.1 Å². The van der Waals surface area contributed by atoms with Crippen molar-refractivity contribution in [1.82, 2.24) is 4.57 Å². The van der Waals surface area contributed by atoms with E-state index in [-0.39, 0.29) is 5.56 Å². The van der Waals surface area contributed by atoms with Crippen LogP contribution in [-0.2, 0) is 6.54 Å². The topological polar surface area (TPSA) is 22.0 Å². The molecule has 2 aromatic heterocycles. The van der Waals surface area contributed by atoms with E-state index in [2.05, 4.69) is 32.9 Å². The Bertz CT molecular complexity index is 819. The summed E-state index contributed by atoms with van der Waals surface area (Å²) in [5.41, 5.74) is 5.11. The van der Waals surface area contributed by atoms with Crippen LogP contribution in [0.2, 0.25) is 0 Å². The second kappa shape index (κ2) is 4.91. The van der Waals surface area contributed by atoms with Gasteiger partial charge in [-0.05, 0) is 55.0 Å². The molecule has 3 rings (SSSR count). The molecule has 0 saturated heterocycles. The van der Waals surface area contributed by atoms with Crippen molar-refractivity contribution in [2.24, 2.45) is 0 Å². The Kier molecular flexibility index (Phi) is 3.22. The van der Waals surface area contributed by atoms with Gasteiger partial charge in [0.1, 0.15) is 0 Å². The number of pyridine rings is 1. The molecule has 0 aliphatic rings. The van der Waals surface area contributed by atoms with E-state index in [0.29, 0.717) is 6.54 Å². The monoisotopic (exact) mass is 283 g/mol. The van der Waals surface area contributed by atoms with Crippen LogP contribution in [-0.4, -0.2) is 4.57 Å². The summed E-state index contributed by atoms with van der Waals surface area (Å²) in [6.07, 6.45) is 1.90. The van der Waals surface area contributed by atoms with Gasteiger partial charge in [-0.2, -0.15) is 0 Å². The van der Waals surface area contributed by atoms with Gasteiger partial charge < -0.3 is 4.57 Å². The van der Waals surface area contributed by atoms with Crippen molar-refractivity contribution in [2.75, 3.05) is 0 Å². The fraction of sp³-hybridized carbons (Fsp3) is 0.235. The predicted octanol–water partition coefficient (Wildman–Crippen LogP) is 4.04. The Morgan fingerprint density at radius 1 is 1.10 bits per heavy atom. The van der Waals surface area contributed by atoms with Crippen LogP contribution >= 0.6 is 11.3 Å². The van der Waals surface area contributed by atoms with Crippen molar-refractivity contribution in [2.45, 2.75) is 27.3 Å². The predicted molar refractivity (Wildman–Crippen MR) is 85.8 cm³/mol. The van der Waals surface area contributed by atoms with Crippen molar-refractivity contribution >= 4 is 21.4 Å². The zero-order valence-electron chi connectivity index (χ0n) is 11.9. The zero-order chi connectivity index (χ0) is 14.3. The summed E-state index contributed by atoms with van der Waals surface area (Å²) in [7, 11) is 0. The molecule has 0 aliphatic carbocycles. The minimum absolute atomic E-state index is 0.100. The average molecular weight is 283 g/mol. The Morgan fingerprint density at radius 2 is 1.80 bits per heavy atom. The fourth-order valence-corrected chi connectivity index (χ4v) is 3.53. The van der Waals surface area contributed by atoms with Gasteiger partial charge >= 0.3 is 0 Å². The lowest BCUT2D eigenvalue weighted by atomic mass is 10.00. The molecule has 3 heteroatoms. The second-order valence-corrected chi connectivity index (χ2v) is 6.27. The number of rotatable bonds is 2. The van der Waals surface area contributed by atoms with Crippen molar-refractivity contribution in [3.05, 3.63) is 68.4 Å². The van der Waals surface area contributed by atoms with Crippen molar-refractivity contribution in [3.8, 4) is 0 Å². The van der Waals surface area contributed by atoms with Crippen molar-refractivity contribution < 1.29 is 0 Å². The number of benzene rings is 1. The van der Waals surface area contributed by atoms with Gasteiger partial charge in [0, 0.05) is 10.9 Å². The number of fused-ring (bicyclic) bond motifs is 1. The van der Waals surface area contributed by atoms with Gasteiger partial charge in [-0.3, -0.25) is 4.79 Å². The Morgan fingerprint density at radius 3 is 2.50 bits per heavy atom. The highest BCUT2D eigenvalue weighted by atomic mass is 32.1. The van der Waals surface area contributed by atoms with Crippen LogP contribution < -0.4 is 5.56 Å². The number of hydrogen-bond acceptors (Lipinski definition) is 2. The average Bonchev–Trinajstić information content (AvgIpc) is 2.85. The highest BCUT2D eigenvalue weighted by molar-refractivity contribution is 7.17. The van der Waals surface area contributed by atoms with E-state index < -0.39 is 0 Å². The van der Waals surface area contributed by atoms with Crippen LogP contribution in [0, 0.1) is 20.8 Å². The molecule has 0 radical (unpaired) electrons. The highest BCUT2D eigenvalue weighted by Gasteiger charge is 2.08. The molecule has 0 bridgehead atoms. The molecular formula is C17H17NOS. The normalized spacial score (nSPS) is 11.2. The lowest BCUT2D eigenvalue weighted by Crippen LogP contribution is -2.20. The molecule has 0 fully saturated rings. The third-order valence-corrected chi connectivity index (χ3v) is 4.64. The van der Waals surface area contributed by atoms with Gasteiger partial charge in [-0.25, -0.2) is 0 Å². The summed E-state index contributed by atoms with van der Waals surface area (Å²) in [4.78, 5) is 12.5. The number of aryl methyl sites for hydroxylation is 3. The third-order valence-electron chi connectivity index (χ3n) is 3.76.